The lowest BCUT2D eigenvalue weighted by Gasteiger charge is -2.32. The van der Waals surface area contributed by atoms with Gasteiger partial charge in [-0.3, -0.25) is 14.9 Å². The Balaban J connectivity index is 1.37. The Morgan fingerprint density at radius 3 is 2.15 bits per heavy atom. The van der Waals surface area contributed by atoms with Crippen LogP contribution < -0.4 is 16.0 Å². The highest BCUT2D eigenvalue weighted by Gasteiger charge is 2.36. The number of aromatic nitrogens is 2. The van der Waals surface area contributed by atoms with E-state index in [9.17, 15) is 14.4 Å². The van der Waals surface area contributed by atoms with E-state index < -0.39 is 11.9 Å². The van der Waals surface area contributed by atoms with Crippen LogP contribution in [0.15, 0.2) is 84.9 Å². The van der Waals surface area contributed by atoms with Crippen molar-refractivity contribution in [3.8, 4) is 5.69 Å². The summed E-state index contributed by atoms with van der Waals surface area (Å²) in [5.74, 6) is -0.0568. The number of hydrogen-bond donors (Lipinski definition) is 3. The van der Waals surface area contributed by atoms with Crippen LogP contribution in [0, 0.1) is 12.8 Å². The number of ketones is 2. The number of aryl methyl sites for hydroxylation is 1. The summed E-state index contributed by atoms with van der Waals surface area (Å²) in [5.41, 5.74) is 5.04. The van der Waals surface area contributed by atoms with Gasteiger partial charge in [0, 0.05) is 29.5 Å². The summed E-state index contributed by atoms with van der Waals surface area (Å²) in [4.78, 5) is 39.9. The molecule has 2 unspecified atom stereocenters. The van der Waals surface area contributed by atoms with Gasteiger partial charge in [-0.15, -0.1) is 0 Å². The van der Waals surface area contributed by atoms with Crippen LogP contribution in [0.2, 0.25) is 0 Å². The predicted octanol–water partition coefficient (Wildman–Crippen LogP) is 7.54. The number of nitrogens with zero attached hydrogens (tertiary/aromatic N) is 2. The van der Waals surface area contributed by atoms with E-state index in [2.05, 4.69) is 36.7 Å². The summed E-state index contributed by atoms with van der Waals surface area (Å²) < 4.78 is 1.75. The summed E-state index contributed by atoms with van der Waals surface area (Å²) in [6, 6.07) is 26.7. The number of anilines is 2. The van der Waals surface area contributed by atoms with Gasteiger partial charge < -0.3 is 10.6 Å². The van der Waals surface area contributed by atoms with Crippen molar-refractivity contribution >= 4 is 29.1 Å². The second-order valence-corrected chi connectivity index (χ2v) is 13.5. The van der Waals surface area contributed by atoms with Crippen LogP contribution in [0.3, 0.4) is 0 Å². The number of piperidine rings is 1. The van der Waals surface area contributed by atoms with Crippen molar-refractivity contribution < 1.29 is 14.4 Å². The quantitative estimate of drug-likeness (QED) is 0.170. The fraction of sp³-hybridized carbons (Fsp3) is 0.368. The molecule has 8 nitrogen and oxygen atoms in total. The molecule has 2 heterocycles. The Hall–Kier alpha value is -4.56. The van der Waals surface area contributed by atoms with E-state index in [1.54, 1.807) is 11.6 Å². The third-order valence-corrected chi connectivity index (χ3v) is 8.72. The van der Waals surface area contributed by atoms with Crippen molar-refractivity contribution in [3.63, 3.8) is 0 Å². The van der Waals surface area contributed by atoms with Gasteiger partial charge in [0.25, 0.3) is 0 Å². The molecule has 2 amide bonds. The van der Waals surface area contributed by atoms with E-state index in [0.29, 0.717) is 11.5 Å². The number of carbonyl (C=O) groups excluding carboxylic acids is 3. The zero-order valence-electron chi connectivity index (χ0n) is 27.5. The smallest absolute Gasteiger partial charge is 0.317 e. The molecule has 1 fully saturated rings. The Bertz CT molecular complexity index is 1650. The maximum atomic E-state index is 14.3. The highest BCUT2D eigenvalue weighted by Crippen LogP contribution is 2.38. The van der Waals surface area contributed by atoms with Gasteiger partial charge in [0.15, 0.2) is 0 Å². The SMILES string of the molecule is CC(=O)CC(C(=O)C(c1ccc(NC(=O)Nc2cc(C(C)(C)C)nn2-c2ccc(C)cc2)cc1)C1CCNCC1)c1ccccc1. The minimum atomic E-state index is -0.501. The van der Waals surface area contributed by atoms with E-state index >= 15 is 0 Å². The van der Waals surface area contributed by atoms with Crippen LogP contribution in [-0.4, -0.2) is 40.5 Å². The first-order valence-corrected chi connectivity index (χ1v) is 16.1. The van der Waals surface area contributed by atoms with Crippen LogP contribution in [0.5, 0.6) is 0 Å². The lowest BCUT2D eigenvalue weighted by atomic mass is 9.72. The fourth-order valence-corrected chi connectivity index (χ4v) is 6.19. The van der Waals surface area contributed by atoms with E-state index in [0.717, 1.165) is 54.0 Å². The Labute approximate surface area is 272 Å². The summed E-state index contributed by atoms with van der Waals surface area (Å²) in [7, 11) is 0. The summed E-state index contributed by atoms with van der Waals surface area (Å²) in [6.07, 6.45) is 1.94. The van der Waals surface area contributed by atoms with E-state index in [-0.39, 0.29) is 35.2 Å². The first-order valence-electron chi connectivity index (χ1n) is 16.1. The molecule has 1 saturated heterocycles. The predicted molar refractivity (Wildman–Crippen MR) is 184 cm³/mol. The standard InChI is InChI=1S/C38H45N5O3/c1-25-11-17-31(18-12-25)43-34(24-33(42-43)38(3,4)5)41-37(46)40-30-15-13-28(14-16-30)35(29-19-21-39-22-20-29)36(45)32(23-26(2)44)27-9-7-6-8-10-27/h6-18,24,29,32,35,39H,19-23H2,1-5H3,(H2,40,41,46). The van der Waals surface area contributed by atoms with Crippen molar-refractivity contribution in [2.24, 2.45) is 5.92 Å². The number of hydrogen-bond acceptors (Lipinski definition) is 5. The van der Waals surface area contributed by atoms with Crippen molar-refractivity contribution in [2.45, 2.75) is 71.1 Å². The second kappa shape index (κ2) is 14.3. The van der Waals surface area contributed by atoms with Gasteiger partial charge in [-0.1, -0.05) is 80.9 Å². The van der Waals surface area contributed by atoms with Crippen molar-refractivity contribution in [1.29, 1.82) is 0 Å². The van der Waals surface area contributed by atoms with Crippen molar-refractivity contribution in [3.05, 3.63) is 107 Å². The molecule has 3 N–H and O–H groups in total. The maximum absolute atomic E-state index is 14.3. The number of rotatable bonds is 10. The molecule has 3 aromatic carbocycles. The average Bonchev–Trinajstić information content (AvgIpc) is 3.46. The molecule has 5 rings (SSSR count). The molecule has 2 atom stereocenters. The minimum absolute atomic E-state index is 0.00448. The molecule has 1 aliphatic rings. The van der Waals surface area contributed by atoms with Crippen molar-refractivity contribution in [2.75, 3.05) is 23.7 Å². The molecular formula is C38H45N5O3. The van der Waals surface area contributed by atoms with E-state index in [1.165, 1.54) is 0 Å². The van der Waals surface area contributed by atoms with Gasteiger partial charge in [0.05, 0.1) is 17.3 Å². The van der Waals surface area contributed by atoms with Crippen LogP contribution in [-0.2, 0) is 15.0 Å². The van der Waals surface area contributed by atoms with Crippen LogP contribution >= 0.6 is 0 Å². The molecule has 0 bridgehead atoms. The molecule has 1 aliphatic heterocycles. The van der Waals surface area contributed by atoms with Crippen molar-refractivity contribution in [1.82, 2.24) is 15.1 Å². The van der Waals surface area contributed by atoms with Crippen LogP contribution in [0.25, 0.3) is 5.69 Å². The second-order valence-electron chi connectivity index (χ2n) is 13.5. The highest BCUT2D eigenvalue weighted by atomic mass is 16.2. The summed E-state index contributed by atoms with van der Waals surface area (Å²) in [6.45, 7) is 11.5. The molecular weight excluding hydrogens is 574 g/mol. The number of carbonyl (C=O) groups is 3. The minimum Gasteiger partial charge on any atom is -0.317 e. The van der Waals surface area contributed by atoms with E-state index in [4.69, 9.17) is 5.10 Å². The van der Waals surface area contributed by atoms with Gasteiger partial charge in [0.1, 0.15) is 17.4 Å². The van der Waals surface area contributed by atoms with Gasteiger partial charge >= 0.3 is 6.03 Å². The molecule has 240 valence electrons. The Kier molecular flexibility index (Phi) is 10.2. The fourth-order valence-electron chi connectivity index (χ4n) is 6.19. The number of nitrogens with one attached hydrogen (secondary N) is 3. The zero-order valence-corrected chi connectivity index (χ0v) is 27.5. The number of benzene rings is 3. The Morgan fingerprint density at radius 1 is 0.891 bits per heavy atom. The first kappa shape index (κ1) is 32.8. The topological polar surface area (TPSA) is 105 Å². The van der Waals surface area contributed by atoms with Gasteiger partial charge in [-0.05, 0) is 81.1 Å². The van der Waals surface area contributed by atoms with Crippen LogP contribution in [0.1, 0.15) is 81.2 Å². The van der Waals surface area contributed by atoms with Crippen LogP contribution in [0.4, 0.5) is 16.3 Å². The largest absolute Gasteiger partial charge is 0.324 e. The Morgan fingerprint density at radius 2 is 1.54 bits per heavy atom. The average molecular weight is 620 g/mol. The molecule has 1 aromatic heterocycles. The number of urea groups is 1. The number of Topliss-reactive ketones (excluding diaryl/α,β-unsaturated/α-hetero) is 2. The van der Waals surface area contributed by atoms with Gasteiger partial charge in [0.2, 0.25) is 0 Å². The third kappa shape index (κ3) is 7.98. The maximum Gasteiger partial charge on any atom is 0.324 e. The van der Waals surface area contributed by atoms with Gasteiger partial charge in [-0.25, -0.2) is 9.48 Å². The third-order valence-electron chi connectivity index (χ3n) is 8.72. The lowest BCUT2D eigenvalue weighted by Crippen LogP contribution is -2.35. The molecule has 0 radical (unpaired) electrons. The highest BCUT2D eigenvalue weighted by molar-refractivity contribution is 6.00. The molecule has 46 heavy (non-hydrogen) atoms. The normalized spacial score (nSPS) is 15.2. The number of amides is 2. The van der Waals surface area contributed by atoms with E-state index in [1.807, 2.05) is 91.9 Å². The summed E-state index contributed by atoms with van der Waals surface area (Å²) >= 11 is 0. The summed E-state index contributed by atoms with van der Waals surface area (Å²) in [5, 5.41) is 14.1. The van der Waals surface area contributed by atoms with Gasteiger partial charge in [-0.2, -0.15) is 5.10 Å². The molecule has 0 aliphatic carbocycles. The molecule has 0 spiro atoms. The zero-order chi connectivity index (χ0) is 32.8. The molecule has 0 saturated carbocycles. The molecule has 4 aromatic rings. The monoisotopic (exact) mass is 619 g/mol. The first-order chi connectivity index (χ1) is 22.0. The molecule has 8 heteroatoms. The lowest BCUT2D eigenvalue weighted by molar-refractivity contribution is -0.126.